The molecule has 0 spiro atoms. The number of hydrogen-bond acceptors (Lipinski definition) is 4. The maximum atomic E-state index is 12.2. The largest absolute Gasteiger partial charge is 0.395 e. The van der Waals surface area contributed by atoms with Crippen LogP contribution in [0.1, 0.15) is 53.1 Å². The summed E-state index contributed by atoms with van der Waals surface area (Å²) in [5.41, 5.74) is 9.69. The molecule has 4 N–H and O–H groups in total. The van der Waals surface area contributed by atoms with Gasteiger partial charge in [-0.3, -0.25) is 14.6 Å². The van der Waals surface area contributed by atoms with Gasteiger partial charge in [0.2, 0.25) is 0 Å². The smallest absolute Gasteiger partial charge is 0.274 e. The van der Waals surface area contributed by atoms with Crippen LogP contribution in [0, 0.1) is 0 Å². The van der Waals surface area contributed by atoms with Crippen LogP contribution in [0.4, 0.5) is 5.69 Å². The first-order valence-corrected chi connectivity index (χ1v) is 7.23. The highest BCUT2D eigenvalue weighted by Gasteiger charge is 2.30. The minimum atomic E-state index is -0.249. The first kappa shape index (κ1) is 13.7. The SMILES string of the molecule is CCc1nn(C)cc1CNC(=O)c1n[nH]c(C2CC2)c1N. The summed E-state index contributed by atoms with van der Waals surface area (Å²) in [6.07, 6.45) is 4.98. The Labute approximate surface area is 122 Å². The molecule has 7 nitrogen and oxygen atoms in total. The van der Waals surface area contributed by atoms with E-state index in [4.69, 9.17) is 5.73 Å². The Bertz CT molecular complexity index is 667. The minimum Gasteiger partial charge on any atom is -0.395 e. The lowest BCUT2D eigenvalue weighted by atomic mass is 10.2. The van der Waals surface area contributed by atoms with Crippen molar-refractivity contribution in [1.29, 1.82) is 0 Å². The molecule has 112 valence electrons. The molecule has 0 radical (unpaired) electrons. The summed E-state index contributed by atoms with van der Waals surface area (Å²) in [5.74, 6) is 0.200. The molecule has 1 saturated carbocycles. The lowest BCUT2D eigenvalue weighted by Crippen LogP contribution is -2.24. The van der Waals surface area contributed by atoms with Crippen molar-refractivity contribution in [3.8, 4) is 0 Å². The van der Waals surface area contributed by atoms with Crippen LogP contribution in [0.15, 0.2) is 6.20 Å². The van der Waals surface area contributed by atoms with Crippen LogP contribution in [0.5, 0.6) is 0 Å². The number of carbonyl (C=O) groups excluding carboxylic acids is 1. The van der Waals surface area contributed by atoms with E-state index in [1.807, 2.05) is 20.2 Å². The van der Waals surface area contributed by atoms with Gasteiger partial charge in [0.1, 0.15) is 0 Å². The van der Waals surface area contributed by atoms with Crippen LogP contribution in [0.25, 0.3) is 0 Å². The van der Waals surface area contributed by atoms with E-state index < -0.39 is 0 Å². The zero-order chi connectivity index (χ0) is 15.0. The van der Waals surface area contributed by atoms with Crippen molar-refractivity contribution in [3.63, 3.8) is 0 Å². The summed E-state index contributed by atoms with van der Waals surface area (Å²) in [6, 6.07) is 0. The average Bonchev–Trinajstić information content (AvgIpc) is 3.13. The maximum Gasteiger partial charge on any atom is 0.274 e. The molecule has 2 aromatic rings. The first-order chi connectivity index (χ1) is 10.1. The van der Waals surface area contributed by atoms with Gasteiger partial charge in [0.15, 0.2) is 5.69 Å². The standard InChI is InChI=1S/C14H20N6O/c1-3-10-9(7-20(2)19-10)6-16-14(21)13-11(15)12(17-18-13)8-4-5-8/h7-8H,3-6,15H2,1-2H3,(H,16,21)(H,17,18). The highest BCUT2D eigenvalue weighted by molar-refractivity contribution is 5.97. The van der Waals surface area contributed by atoms with E-state index in [-0.39, 0.29) is 5.91 Å². The Morgan fingerprint density at radius 1 is 1.57 bits per heavy atom. The molecular formula is C14H20N6O. The molecule has 1 fully saturated rings. The number of rotatable bonds is 5. The summed E-state index contributed by atoms with van der Waals surface area (Å²) < 4.78 is 1.76. The van der Waals surface area contributed by atoms with Crippen molar-refractivity contribution in [2.24, 2.45) is 7.05 Å². The van der Waals surface area contributed by atoms with Crippen molar-refractivity contribution in [2.75, 3.05) is 5.73 Å². The van der Waals surface area contributed by atoms with E-state index in [0.29, 0.717) is 23.8 Å². The molecule has 21 heavy (non-hydrogen) atoms. The molecule has 0 unspecified atom stereocenters. The fourth-order valence-corrected chi connectivity index (χ4v) is 2.51. The number of aromatic amines is 1. The second kappa shape index (κ2) is 5.23. The quantitative estimate of drug-likeness (QED) is 0.766. The second-order valence-electron chi connectivity index (χ2n) is 5.48. The molecule has 0 saturated heterocycles. The maximum absolute atomic E-state index is 12.2. The van der Waals surface area contributed by atoms with E-state index in [1.54, 1.807) is 4.68 Å². The number of nitrogens with two attached hydrogens (primary N) is 1. The number of amides is 1. The van der Waals surface area contributed by atoms with Crippen molar-refractivity contribution >= 4 is 11.6 Å². The number of hydrogen-bond donors (Lipinski definition) is 3. The Morgan fingerprint density at radius 2 is 2.33 bits per heavy atom. The number of aromatic nitrogens is 4. The third-order valence-electron chi connectivity index (χ3n) is 3.80. The van der Waals surface area contributed by atoms with E-state index in [0.717, 1.165) is 36.2 Å². The molecule has 1 aliphatic carbocycles. The normalized spacial score (nSPS) is 14.4. The van der Waals surface area contributed by atoms with Crippen LogP contribution >= 0.6 is 0 Å². The zero-order valence-corrected chi connectivity index (χ0v) is 12.3. The molecule has 1 amide bonds. The van der Waals surface area contributed by atoms with E-state index >= 15 is 0 Å². The molecule has 0 bridgehead atoms. The van der Waals surface area contributed by atoms with Gasteiger partial charge in [0.25, 0.3) is 5.91 Å². The van der Waals surface area contributed by atoms with Gasteiger partial charge in [-0.15, -0.1) is 0 Å². The van der Waals surface area contributed by atoms with Gasteiger partial charge in [0.05, 0.1) is 17.1 Å². The van der Waals surface area contributed by atoms with E-state index in [1.165, 1.54) is 0 Å². The van der Waals surface area contributed by atoms with Gasteiger partial charge in [-0.05, 0) is 19.3 Å². The second-order valence-corrected chi connectivity index (χ2v) is 5.48. The number of nitrogens with zero attached hydrogens (tertiary/aromatic N) is 3. The van der Waals surface area contributed by atoms with Crippen molar-refractivity contribution < 1.29 is 4.79 Å². The van der Waals surface area contributed by atoms with Gasteiger partial charge in [-0.1, -0.05) is 6.92 Å². The van der Waals surface area contributed by atoms with Crippen LogP contribution in [-0.2, 0) is 20.0 Å². The Hall–Kier alpha value is -2.31. The van der Waals surface area contributed by atoms with Gasteiger partial charge in [-0.25, -0.2) is 0 Å². The van der Waals surface area contributed by atoms with Crippen LogP contribution in [-0.4, -0.2) is 25.9 Å². The predicted octanol–water partition coefficient (Wildman–Crippen LogP) is 1.10. The van der Waals surface area contributed by atoms with Crippen LogP contribution in [0.3, 0.4) is 0 Å². The van der Waals surface area contributed by atoms with Crippen molar-refractivity contribution in [1.82, 2.24) is 25.3 Å². The molecule has 7 heteroatoms. The fraction of sp³-hybridized carbons (Fsp3) is 0.500. The Morgan fingerprint density at radius 3 is 3.00 bits per heavy atom. The predicted molar refractivity (Wildman–Crippen MR) is 78.7 cm³/mol. The monoisotopic (exact) mass is 288 g/mol. The number of nitrogens with one attached hydrogen (secondary N) is 2. The number of H-pyrrole nitrogens is 1. The number of anilines is 1. The third-order valence-corrected chi connectivity index (χ3v) is 3.80. The molecule has 2 heterocycles. The average molecular weight is 288 g/mol. The van der Waals surface area contributed by atoms with Gasteiger partial charge >= 0.3 is 0 Å². The summed E-state index contributed by atoms with van der Waals surface area (Å²) in [5, 5.41) is 14.2. The summed E-state index contributed by atoms with van der Waals surface area (Å²) in [4.78, 5) is 12.2. The van der Waals surface area contributed by atoms with Crippen LogP contribution < -0.4 is 11.1 Å². The number of nitrogen functional groups attached to an aromatic ring is 1. The summed E-state index contributed by atoms with van der Waals surface area (Å²) >= 11 is 0. The molecule has 1 aliphatic rings. The molecule has 0 aromatic carbocycles. The molecular weight excluding hydrogens is 268 g/mol. The summed E-state index contributed by atoms with van der Waals surface area (Å²) in [6.45, 7) is 2.47. The van der Waals surface area contributed by atoms with Gasteiger partial charge < -0.3 is 11.1 Å². The van der Waals surface area contributed by atoms with Crippen molar-refractivity contribution in [2.45, 2.75) is 38.6 Å². The lowest BCUT2D eigenvalue weighted by molar-refractivity contribution is 0.0946. The number of carbonyl (C=O) groups is 1. The summed E-state index contributed by atoms with van der Waals surface area (Å²) in [7, 11) is 1.87. The fourth-order valence-electron chi connectivity index (χ4n) is 2.51. The van der Waals surface area contributed by atoms with Gasteiger partial charge in [0, 0.05) is 31.3 Å². The lowest BCUT2D eigenvalue weighted by Gasteiger charge is -2.03. The van der Waals surface area contributed by atoms with E-state index in [2.05, 4.69) is 20.6 Å². The topological polar surface area (TPSA) is 102 Å². The Kier molecular flexibility index (Phi) is 3.40. The first-order valence-electron chi connectivity index (χ1n) is 7.23. The van der Waals surface area contributed by atoms with Crippen LogP contribution in [0.2, 0.25) is 0 Å². The molecule has 3 rings (SSSR count). The molecule has 2 aromatic heterocycles. The third kappa shape index (κ3) is 2.63. The number of aryl methyl sites for hydroxylation is 2. The van der Waals surface area contributed by atoms with Gasteiger partial charge in [-0.2, -0.15) is 10.2 Å². The van der Waals surface area contributed by atoms with Crippen molar-refractivity contribution in [3.05, 3.63) is 28.8 Å². The highest BCUT2D eigenvalue weighted by Crippen LogP contribution is 2.42. The zero-order valence-electron chi connectivity index (χ0n) is 12.3. The highest BCUT2D eigenvalue weighted by atomic mass is 16.1. The minimum absolute atomic E-state index is 0.249. The molecule has 0 atom stereocenters. The molecule has 0 aliphatic heterocycles. The Balaban J connectivity index is 1.68. The van der Waals surface area contributed by atoms with E-state index in [9.17, 15) is 4.79 Å².